The zero-order valence-corrected chi connectivity index (χ0v) is 8.89. The van der Waals surface area contributed by atoms with Gasteiger partial charge in [-0.2, -0.15) is 0 Å². The Morgan fingerprint density at radius 3 is 2.80 bits per heavy atom. The third-order valence-corrected chi connectivity index (χ3v) is 2.64. The summed E-state index contributed by atoms with van der Waals surface area (Å²) in [6, 6.07) is 4.99. The van der Waals surface area contributed by atoms with Crippen LogP contribution in [0.1, 0.15) is 5.56 Å². The molecule has 1 amide bonds. The van der Waals surface area contributed by atoms with Crippen LogP contribution >= 0.6 is 0 Å². The number of carbonyl (C=O) groups is 1. The molecule has 0 bridgehead atoms. The Morgan fingerprint density at radius 1 is 1.40 bits per heavy atom. The largest absolute Gasteiger partial charge is 0.325 e. The van der Waals surface area contributed by atoms with Crippen molar-refractivity contribution in [2.45, 2.75) is 6.42 Å². The van der Waals surface area contributed by atoms with Gasteiger partial charge in [-0.1, -0.05) is 6.07 Å². The van der Waals surface area contributed by atoms with E-state index >= 15 is 0 Å². The highest BCUT2D eigenvalue weighted by Gasteiger charge is 2.17. The summed E-state index contributed by atoms with van der Waals surface area (Å²) in [7, 11) is -3.27. The van der Waals surface area contributed by atoms with Gasteiger partial charge in [-0.3, -0.25) is 9.52 Å². The summed E-state index contributed by atoms with van der Waals surface area (Å²) in [4.78, 5) is 11.0. The quantitative estimate of drug-likeness (QED) is 0.773. The van der Waals surface area contributed by atoms with Crippen LogP contribution < -0.4 is 10.0 Å². The summed E-state index contributed by atoms with van der Waals surface area (Å²) < 4.78 is 24.3. The van der Waals surface area contributed by atoms with Crippen LogP contribution in [0.4, 0.5) is 11.4 Å². The predicted molar refractivity (Wildman–Crippen MR) is 57.2 cm³/mol. The summed E-state index contributed by atoms with van der Waals surface area (Å²) in [5, 5.41) is 2.65. The van der Waals surface area contributed by atoms with Crippen molar-refractivity contribution in [3.63, 3.8) is 0 Å². The van der Waals surface area contributed by atoms with Gasteiger partial charge in [0.1, 0.15) is 0 Å². The summed E-state index contributed by atoms with van der Waals surface area (Å²) >= 11 is 0. The van der Waals surface area contributed by atoms with Crippen molar-refractivity contribution >= 4 is 27.3 Å². The first-order valence-corrected chi connectivity index (χ1v) is 6.24. The minimum absolute atomic E-state index is 0.0681. The van der Waals surface area contributed by atoms with Crippen molar-refractivity contribution in [1.82, 2.24) is 0 Å². The van der Waals surface area contributed by atoms with Crippen LogP contribution in [0.5, 0.6) is 0 Å². The van der Waals surface area contributed by atoms with Crippen LogP contribution in [0.3, 0.4) is 0 Å². The van der Waals surface area contributed by atoms with E-state index in [4.69, 9.17) is 0 Å². The minimum atomic E-state index is -3.27. The molecule has 0 radical (unpaired) electrons. The first-order valence-electron chi connectivity index (χ1n) is 4.34. The predicted octanol–water partition coefficient (Wildman–Crippen LogP) is 0.553. The maximum Gasteiger partial charge on any atom is 0.229 e. The maximum atomic E-state index is 11.0. The molecule has 5 nitrogen and oxygen atoms in total. The average molecular weight is 226 g/mol. The molecule has 1 aliphatic heterocycles. The summed E-state index contributed by atoms with van der Waals surface area (Å²) in [6.07, 6.45) is 1.44. The molecular weight excluding hydrogens is 216 g/mol. The summed E-state index contributed by atoms with van der Waals surface area (Å²) in [5.41, 5.74) is 2.02. The molecule has 0 saturated carbocycles. The van der Waals surface area contributed by atoms with Crippen molar-refractivity contribution in [2.24, 2.45) is 0 Å². The minimum Gasteiger partial charge on any atom is -0.325 e. The Balaban J connectivity index is 2.31. The molecule has 0 spiro atoms. The number of nitrogens with one attached hydrogen (secondary N) is 2. The smallest absolute Gasteiger partial charge is 0.229 e. The van der Waals surface area contributed by atoms with E-state index in [9.17, 15) is 13.2 Å². The molecule has 0 aromatic heterocycles. The van der Waals surface area contributed by atoms with E-state index in [1.54, 1.807) is 18.2 Å². The zero-order chi connectivity index (χ0) is 11.1. The maximum absolute atomic E-state index is 11.0. The number of anilines is 2. The van der Waals surface area contributed by atoms with Gasteiger partial charge in [-0.05, 0) is 17.7 Å². The average Bonchev–Trinajstić information content (AvgIpc) is 2.40. The van der Waals surface area contributed by atoms with E-state index in [2.05, 4.69) is 10.0 Å². The number of benzene rings is 1. The van der Waals surface area contributed by atoms with Crippen molar-refractivity contribution in [1.29, 1.82) is 0 Å². The van der Waals surface area contributed by atoms with Crippen LogP contribution in [0.15, 0.2) is 18.2 Å². The van der Waals surface area contributed by atoms with Crippen molar-refractivity contribution < 1.29 is 13.2 Å². The Morgan fingerprint density at radius 2 is 2.13 bits per heavy atom. The van der Waals surface area contributed by atoms with Gasteiger partial charge in [0.25, 0.3) is 0 Å². The lowest BCUT2D eigenvalue weighted by Crippen LogP contribution is -2.09. The molecule has 1 aromatic carbocycles. The van der Waals surface area contributed by atoms with E-state index in [0.717, 1.165) is 11.8 Å². The molecule has 6 heteroatoms. The number of fused-ring (bicyclic) bond motifs is 1. The number of carbonyl (C=O) groups excluding carboxylic acids is 1. The third-order valence-electron chi connectivity index (χ3n) is 2.04. The van der Waals surface area contributed by atoms with Crippen LogP contribution in [0.2, 0.25) is 0 Å². The Bertz CT molecular complexity index is 522. The lowest BCUT2D eigenvalue weighted by atomic mass is 10.1. The summed E-state index contributed by atoms with van der Waals surface area (Å²) in [5.74, 6) is -0.0681. The second-order valence-electron chi connectivity index (χ2n) is 3.47. The van der Waals surface area contributed by atoms with Gasteiger partial charge >= 0.3 is 0 Å². The second-order valence-corrected chi connectivity index (χ2v) is 5.22. The Hall–Kier alpha value is -1.56. The fourth-order valence-electron chi connectivity index (χ4n) is 1.49. The van der Waals surface area contributed by atoms with Crippen LogP contribution in [-0.2, 0) is 21.2 Å². The number of hydrogen-bond acceptors (Lipinski definition) is 3. The highest BCUT2D eigenvalue weighted by atomic mass is 32.2. The third kappa shape index (κ3) is 2.27. The normalized spacial score (nSPS) is 14.6. The molecule has 2 rings (SSSR count). The van der Waals surface area contributed by atoms with Gasteiger partial charge in [-0.25, -0.2) is 8.42 Å². The van der Waals surface area contributed by atoms with Crippen LogP contribution in [0.25, 0.3) is 0 Å². The van der Waals surface area contributed by atoms with E-state index in [-0.39, 0.29) is 5.91 Å². The number of sulfonamides is 1. The van der Waals surface area contributed by atoms with Crippen LogP contribution in [0, 0.1) is 0 Å². The SMILES string of the molecule is CS(=O)(=O)Nc1ccc2c(c1)NC(=O)C2. The molecule has 0 saturated heterocycles. The number of rotatable bonds is 2. The molecule has 0 atom stereocenters. The molecule has 0 aliphatic carbocycles. The first kappa shape index (κ1) is 9.97. The molecule has 1 heterocycles. The van der Waals surface area contributed by atoms with Gasteiger partial charge in [0.05, 0.1) is 18.4 Å². The lowest BCUT2D eigenvalue weighted by Gasteiger charge is -2.05. The van der Waals surface area contributed by atoms with E-state index < -0.39 is 10.0 Å². The highest BCUT2D eigenvalue weighted by Crippen LogP contribution is 2.26. The molecule has 80 valence electrons. The lowest BCUT2D eigenvalue weighted by molar-refractivity contribution is -0.115. The fourth-order valence-corrected chi connectivity index (χ4v) is 2.05. The standard InChI is InChI=1S/C9H10N2O3S/c1-15(13,14)11-7-3-2-6-4-9(12)10-8(6)5-7/h2-3,5,11H,4H2,1H3,(H,10,12). The molecule has 15 heavy (non-hydrogen) atoms. The molecule has 0 unspecified atom stereocenters. The van der Waals surface area contributed by atoms with Gasteiger partial charge in [0, 0.05) is 5.69 Å². The molecule has 2 N–H and O–H groups in total. The molecule has 0 fully saturated rings. The van der Waals surface area contributed by atoms with Crippen molar-refractivity contribution in [3.05, 3.63) is 23.8 Å². The number of hydrogen-bond donors (Lipinski definition) is 2. The van der Waals surface area contributed by atoms with Gasteiger partial charge in [0.2, 0.25) is 15.9 Å². The molecular formula is C9H10N2O3S. The van der Waals surface area contributed by atoms with Crippen molar-refractivity contribution in [2.75, 3.05) is 16.3 Å². The molecule has 1 aliphatic rings. The zero-order valence-electron chi connectivity index (χ0n) is 8.07. The van der Waals surface area contributed by atoms with E-state index in [1.807, 2.05) is 0 Å². The van der Waals surface area contributed by atoms with Crippen LogP contribution in [-0.4, -0.2) is 20.6 Å². The van der Waals surface area contributed by atoms with Gasteiger partial charge < -0.3 is 5.32 Å². The fraction of sp³-hybridized carbons (Fsp3) is 0.222. The first-order chi connectivity index (χ1) is 6.94. The molecule has 1 aromatic rings. The Kier molecular flexibility index (Phi) is 2.15. The van der Waals surface area contributed by atoms with E-state index in [1.165, 1.54) is 0 Å². The monoisotopic (exact) mass is 226 g/mol. The topological polar surface area (TPSA) is 75.3 Å². The highest BCUT2D eigenvalue weighted by molar-refractivity contribution is 7.92. The van der Waals surface area contributed by atoms with Gasteiger partial charge in [-0.15, -0.1) is 0 Å². The van der Waals surface area contributed by atoms with Gasteiger partial charge in [0.15, 0.2) is 0 Å². The number of amides is 1. The second kappa shape index (κ2) is 3.23. The van der Waals surface area contributed by atoms with E-state index in [0.29, 0.717) is 17.8 Å². The van der Waals surface area contributed by atoms with Crippen molar-refractivity contribution in [3.8, 4) is 0 Å². The Labute approximate surface area is 87.5 Å². The summed E-state index contributed by atoms with van der Waals surface area (Å²) in [6.45, 7) is 0.